The molecule has 1 aromatic carbocycles. The van der Waals surface area contributed by atoms with Gasteiger partial charge >= 0.3 is 0 Å². The van der Waals surface area contributed by atoms with Crippen molar-refractivity contribution in [3.63, 3.8) is 0 Å². The van der Waals surface area contributed by atoms with Crippen LogP contribution < -0.4 is 0 Å². The number of aryl methyl sites for hydroxylation is 2. The molecule has 0 unspecified atom stereocenters. The van der Waals surface area contributed by atoms with Crippen molar-refractivity contribution in [2.24, 2.45) is 0 Å². The average Bonchev–Trinajstić information content (AvgIpc) is 2.75. The lowest BCUT2D eigenvalue weighted by atomic mass is 10.3. The van der Waals surface area contributed by atoms with E-state index in [1.807, 2.05) is 13.8 Å². The topological polar surface area (TPSA) is 52.0 Å². The quantitative estimate of drug-likeness (QED) is 0.845. The number of hydrogen-bond donors (Lipinski definition) is 0. The van der Waals surface area contributed by atoms with Gasteiger partial charge in [-0.2, -0.15) is 5.10 Å². The van der Waals surface area contributed by atoms with E-state index < -0.39 is 15.7 Å². The van der Waals surface area contributed by atoms with E-state index in [4.69, 9.17) is 11.6 Å². The fraction of sp³-hybridized carbons (Fsp3) is 0.357. The lowest BCUT2D eigenvalue weighted by molar-refractivity contribution is 0.581. The number of nitrogens with zero attached hydrogens (tertiary/aromatic N) is 2. The van der Waals surface area contributed by atoms with Crippen molar-refractivity contribution in [1.82, 2.24) is 9.78 Å². The minimum Gasteiger partial charge on any atom is -0.267 e. The largest absolute Gasteiger partial charge is 0.267 e. The Bertz CT molecular complexity index is 756. The van der Waals surface area contributed by atoms with Crippen molar-refractivity contribution in [2.45, 2.75) is 37.5 Å². The highest BCUT2D eigenvalue weighted by Gasteiger charge is 2.23. The first-order valence-electron chi connectivity index (χ1n) is 6.61. The SMILES string of the molecule is CCc1nn(CC)c(CS(=O)(=O)c2cccc(F)c2)c1Cl. The number of aromatic nitrogens is 2. The summed E-state index contributed by atoms with van der Waals surface area (Å²) in [5.74, 6) is -0.878. The maximum Gasteiger partial charge on any atom is 0.184 e. The minimum atomic E-state index is -3.67. The number of sulfone groups is 1. The first-order chi connectivity index (χ1) is 9.89. The summed E-state index contributed by atoms with van der Waals surface area (Å²) in [7, 11) is -3.67. The molecule has 114 valence electrons. The fourth-order valence-electron chi connectivity index (χ4n) is 2.08. The summed E-state index contributed by atoms with van der Waals surface area (Å²) in [6, 6.07) is 4.96. The Hall–Kier alpha value is -1.40. The lowest BCUT2D eigenvalue weighted by Crippen LogP contribution is -2.11. The minimum absolute atomic E-state index is 0.0551. The maximum absolute atomic E-state index is 13.2. The van der Waals surface area contributed by atoms with E-state index in [1.54, 1.807) is 4.68 Å². The summed E-state index contributed by atoms with van der Waals surface area (Å²) in [6.45, 7) is 4.29. The molecular formula is C14H16ClFN2O2S. The molecule has 21 heavy (non-hydrogen) atoms. The molecule has 0 saturated heterocycles. The smallest absolute Gasteiger partial charge is 0.184 e. The van der Waals surface area contributed by atoms with E-state index in [2.05, 4.69) is 5.10 Å². The molecule has 0 N–H and O–H groups in total. The van der Waals surface area contributed by atoms with Crippen LogP contribution in [0.2, 0.25) is 5.02 Å². The van der Waals surface area contributed by atoms with E-state index in [-0.39, 0.29) is 10.6 Å². The van der Waals surface area contributed by atoms with Crippen LogP contribution in [0.5, 0.6) is 0 Å². The van der Waals surface area contributed by atoms with Crippen molar-refractivity contribution >= 4 is 21.4 Å². The lowest BCUT2D eigenvalue weighted by Gasteiger charge is -2.07. The van der Waals surface area contributed by atoms with Crippen LogP contribution in [-0.2, 0) is 28.6 Å². The van der Waals surface area contributed by atoms with Gasteiger partial charge in [-0.1, -0.05) is 24.6 Å². The Morgan fingerprint density at radius 2 is 2.05 bits per heavy atom. The molecule has 4 nitrogen and oxygen atoms in total. The van der Waals surface area contributed by atoms with Crippen LogP contribution in [-0.4, -0.2) is 18.2 Å². The molecule has 0 fully saturated rings. The fourth-order valence-corrected chi connectivity index (χ4v) is 3.89. The highest BCUT2D eigenvalue weighted by Crippen LogP contribution is 2.26. The van der Waals surface area contributed by atoms with Crippen LogP contribution >= 0.6 is 11.6 Å². The van der Waals surface area contributed by atoms with Crippen molar-refractivity contribution in [3.8, 4) is 0 Å². The van der Waals surface area contributed by atoms with Gasteiger partial charge in [0.05, 0.1) is 27.1 Å². The summed E-state index contributed by atoms with van der Waals surface area (Å²) in [5.41, 5.74) is 1.11. The summed E-state index contributed by atoms with van der Waals surface area (Å²) in [6.07, 6.45) is 0.624. The molecule has 7 heteroatoms. The summed E-state index contributed by atoms with van der Waals surface area (Å²) in [4.78, 5) is -0.0551. The zero-order valence-corrected chi connectivity index (χ0v) is 13.4. The second-order valence-electron chi connectivity index (χ2n) is 4.59. The summed E-state index contributed by atoms with van der Waals surface area (Å²) in [5, 5.41) is 4.66. The third-order valence-electron chi connectivity index (χ3n) is 3.18. The molecule has 0 spiro atoms. The van der Waals surface area contributed by atoms with Crippen LogP contribution in [0.3, 0.4) is 0 Å². The number of halogens is 2. The molecule has 0 atom stereocenters. The van der Waals surface area contributed by atoms with Gasteiger partial charge < -0.3 is 0 Å². The van der Waals surface area contributed by atoms with Crippen molar-refractivity contribution in [1.29, 1.82) is 0 Å². The summed E-state index contributed by atoms with van der Waals surface area (Å²) < 4.78 is 39.6. The van der Waals surface area contributed by atoms with E-state index in [9.17, 15) is 12.8 Å². The highest BCUT2D eigenvalue weighted by molar-refractivity contribution is 7.90. The van der Waals surface area contributed by atoms with Gasteiger partial charge in [0.1, 0.15) is 5.82 Å². The van der Waals surface area contributed by atoms with Gasteiger partial charge in [0.15, 0.2) is 9.84 Å². The number of benzene rings is 1. The molecule has 2 aromatic rings. The predicted molar refractivity (Wildman–Crippen MR) is 79.6 cm³/mol. The standard InChI is InChI=1S/C14H16ClFN2O2S/c1-3-12-14(15)13(18(4-2)17-12)9-21(19,20)11-7-5-6-10(16)8-11/h5-8H,3-4,9H2,1-2H3. The van der Waals surface area contributed by atoms with Crippen molar-refractivity contribution in [3.05, 3.63) is 46.5 Å². The number of rotatable bonds is 5. The molecule has 0 aliphatic carbocycles. The van der Waals surface area contributed by atoms with Crippen LogP contribution in [0.15, 0.2) is 29.2 Å². The van der Waals surface area contributed by atoms with E-state index >= 15 is 0 Å². The van der Waals surface area contributed by atoms with E-state index in [0.717, 1.165) is 6.07 Å². The van der Waals surface area contributed by atoms with Crippen LogP contribution in [0.4, 0.5) is 4.39 Å². The van der Waals surface area contributed by atoms with Crippen molar-refractivity contribution < 1.29 is 12.8 Å². The second kappa shape index (κ2) is 6.15. The third kappa shape index (κ3) is 3.27. The zero-order chi connectivity index (χ0) is 15.6. The predicted octanol–water partition coefficient (Wildman–Crippen LogP) is 3.23. The van der Waals surface area contributed by atoms with Gasteiger partial charge in [-0.15, -0.1) is 0 Å². The van der Waals surface area contributed by atoms with Crippen LogP contribution in [0.25, 0.3) is 0 Å². The Kier molecular flexibility index (Phi) is 4.68. The van der Waals surface area contributed by atoms with Crippen LogP contribution in [0.1, 0.15) is 25.2 Å². The monoisotopic (exact) mass is 330 g/mol. The molecular weight excluding hydrogens is 315 g/mol. The maximum atomic E-state index is 13.2. The number of hydrogen-bond acceptors (Lipinski definition) is 3. The Morgan fingerprint density at radius 1 is 1.33 bits per heavy atom. The normalized spacial score (nSPS) is 11.8. The first-order valence-corrected chi connectivity index (χ1v) is 8.64. The molecule has 0 saturated carbocycles. The molecule has 2 rings (SSSR count). The third-order valence-corrected chi connectivity index (χ3v) is 5.24. The molecule has 0 amide bonds. The highest BCUT2D eigenvalue weighted by atomic mass is 35.5. The average molecular weight is 331 g/mol. The molecule has 0 bridgehead atoms. The summed E-state index contributed by atoms with van der Waals surface area (Å²) >= 11 is 6.21. The van der Waals surface area contributed by atoms with E-state index in [1.165, 1.54) is 18.2 Å². The second-order valence-corrected chi connectivity index (χ2v) is 6.96. The first kappa shape index (κ1) is 16.0. The molecule has 0 radical (unpaired) electrons. The Balaban J connectivity index is 2.44. The Morgan fingerprint density at radius 3 is 2.62 bits per heavy atom. The van der Waals surface area contributed by atoms with Gasteiger partial charge in [0.2, 0.25) is 0 Å². The molecule has 1 aromatic heterocycles. The van der Waals surface area contributed by atoms with E-state index in [0.29, 0.717) is 29.4 Å². The van der Waals surface area contributed by atoms with Gasteiger partial charge in [-0.3, -0.25) is 4.68 Å². The van der Waals surface area contributed by atoms with Gasteiger partial charge in [-0.05, 0) is 31.5 Å². The van der Waals surface area contributed by atoms with Gasteiger partial charge in [0, 0.05) is 6.54 Å². The van der Waals surface area contributed by atoms with Gasteiger partial charge in [-0.25, -0.2) is 12.8 Å². The Labute approximate surface area is 128 Å². The molecule has 1 heterocycles. The zero-order valence-electron chi connectivity index (χ0n) is 11.8. The molecule has 0 aliphatic heterocycles. The molecule has 0 aliphatic rings. The van der Waals surface area contributed by atoms with Crippen LogP contribution in [0, 0.1) is 5.82 Å². The van der Waals surface area contributed by atoms with Crippen molar-refractivity contribution in [2.75, 3.05) is 0 Å². The van der Waals surface area contributed by atoms with Gasteiger partial charge in [0.25, 0.3) is 0 Å².